The van der Waals surface area contributed by atoms with Crippen LogP contribution in [-0.2, 0) is 14.8 Å². The zero-order chi connectivity index (χ0) is 23.8. The SMILES string of the molecule is CCCCOC(=O)c1c(C)oc2c1cc(NS(=O)(=O)c1ccc(Cl)c(C)c1)c1ccccc12. The van der Waals surface area contributed by atoms with Crippen LogP contribution in [0.15, 0.2) is 57.8 Å². The second-order valence-corrected chi connectivity index (χ2v) is 9.98. The summed E-state index contributed by atoms with van der Waals surface area (Å²) in [6, 6.07) is 13.4. The van der Waals surface area contributed by atoms with Crippen LogP contribution in [-0.4, -0.2) is 21.0 Å². The highest BCUT2D eigenvalue weighted by Crippen LogP contribution is 2.38. The Hall–Kier alpha value is -3.03. The van der Waals surface area contributed by atoms with E-state index in [-0.39, 0.29) is 4.90 Å². The summed E-state index contributed by atoms with van der Waals surface area (Å²) < 4.78 is 40.4. The number of anilines is 1. The first kappa shape index (κ1) is 23.1. The third-order valence-electron chi connectivity index (χ3n) is 5.49. The van der Waals surface area contributed by atoms with Crippen LogP contribution in [0.4, 0.5) is 5.69 Å². The predicted octanol–water partition coefficient (Wildman–Crippen LogP) is 6.61. The molecule has 1 heterocycles. The molecule has 0 amide bonds. The number of carbonyl (C=O) groups is 1. The van der Waals surface area contributed by atoms with Crippen LogP contribution in [0.1, 0.15) is 41.4 Å². The fourth-order valence-corrected chi connectivity index (χ4v) is 5.02. The monoisotopic (exact) mass is 485 g/mol. The summed E-state index contributed by atoms with van der Waals surface area (Å²) in [6.07, 6.45) is 1.66. The number of hydrogen-bond acceptors (Lipinski definition) is 5. The highest BCUT2D eigenvalue weighted by molar-refractivity contribution is 7.92. The van der Waals surface area contributed by atoms with Crippen molar-refractivity contribution in [2.45, 2.75) is 38.5 Å². The van der Waals surface area contributed by atoms with Crippen molar-refractivity contribution in [3.8, 4) is 0 Å². The van der Waals surface area contributed by atoms with Crippen molar-refractivity contribution in [1.82, 2.24) is 0 Å². The van der Waals surface area contributed by atoms with E-state index in [1.165, 1.54) is 12.1 Å². The van der Waals surface area contributed by atoms with Gasteiger partial charge in [0.2, 0.25) is 0 Å². The van der Waals surface area contributed by atoms with Crippen molar-refractivity contribution in [3.05, 3.63) is 70.4 Å². The molecule has 0 bridgehead atoms. The molecule has 0 aliphatic carbocycles. The van der Waals surface area contributed by atoms with Crippen molar-refractivity contribution in [3.63, 3.8) is 0 Å². The lowest BCUT2D eigenvalue weighted by atomic mass is 10.0. The lowest BCUT2D eigenvalue weighted by molar-refractivity contribution is 0.0500. The Labute approximate surface area is 197 Å². The van der Waals surface area contributed by atoms with Gasteiger partial charge in [0.1, 0.15) is 16.9 Å². The number of halogens is 1. The third kappa shape index (κ3) is 4.43. The molecule has 4 rings (SSSR count). The largest absolute Gasteiger partial charge is 0.462 e. The van der Waals surface area contributed by atoms with Gasteiger partial charge in [-0.05, 0) is 50.1 Å². The van der Waals surface area contributed by atoms with Crippen molar-refractivity contribution >= 4 is 55.0 Å². The number of nitrogens with one attached hydrogen (secondary N) is 1. The average molecular weight is 486 g/mol. The molecule has 172 valence electrons. The number of hydrogen-bond donors (Lipinski definition) is 1. The topological polar surface area (TPSA) is 85.6 Å². The van der Waals surface area contributed by atoms with Crippen LogP contribution in [0.3, 0.4) is 0 Å². The van der Waals surface area contributed by atoms with E-state index in [4.69, 9.17) is 20.8 Å². The van der Waals surface area contributed by atoms with Crippen LogP contribution in [0, 0.1) is 13.8 Å². The maximum atomic E-state index is 13.2. The second-order valence-electron chi connectivity index (χ2n) is 7.89. The Bertz CT molecular complexity index is 1470. The molecule has 1 aromatic heterocycles. The number of benzene rings is 3. The maximum Gasteiger partial charge on any atom is 0.342 e. The molecule has 0 saturated carbocycles. The average Bonchev–Trinajstić information content (AvgIpc) is 3.11. The van der Waals surface area contributed by atoms with Gasteiger partial charge in [-0.25, -0.2) is 13.2 Å². The third-order valence-corrected chi connectivity index (χ3v) is 7.28. The number of rotatable bonds is 7. The number of furan rings is 1. The molecule has 6 nitrogen and oxygen atoms in total. The lowest BCUT2D eigenvalue weighted by Crippen LogP contribution is -2.13. The first-order valence-electron chi connectivity index (χ1n) is 10.6. The van der Waals surface area contributed by atoms with E-state index in [1.807, 2.05) is 25.1 Å². The Morgan fingerprint density at radius 2 is 1.79 bits per heavy atom. The van der Waals surface area contributed by atoms with E-state index in [0.717, 1.165) is 12.8 Å². The van der Waals surface area contributed by atoms with Gasteiger partial charge in [-0.3, -0.25) is 4.72 Å². The summed E-state index contributed by atoms with van der Waals surface area (Å²) in [4.78, 5) is 12.9. The summed E-state index contributed by atoms with van der Waals surface area (Å²) in [5.41, 5.74) is 1.81. The normalized spacial score (nSPS) is 11.8. The Morgan fingerprint density at radius 3 is 2.48 bits per heavy atom. The van der Waals surface area contributed by atoms with Crippen LogP contribution >= 0.6 is 11.6 Å². The van der Waals surface area contributed by atoms with E-state index >= 15 is 0 Å². The molecule has 0 atom stereocenters. The second kappa shape index (κ2) is 9.08. The molecule has 0 aliphatic rings. The van der Waals surface area contributed by atoms with Crippen LogP contribution in [0.5, 0.6) is 0 Å². The summed E-state index contributed by atoms with van der Waals surface area (Å²) >= 11 is 6.06. The van der Waals surface area contributed by atoms with E-state index in [9.17, 15) is 13.2 Å². The standard InChI is InChI=1S/C25H24ClNO5S/c1-4-5-12-31-25(28)23-16(3)32-24-19-9-7-6-8-18(19)22(14-20(23)24)27-33(29,30)17-10-11-21(26)15(2)13-17/h6-11,13-14,27H,4-5,12H2,1-3H3. The zero-order valence-electron chi connectivity index (χ0n) is 18.6. The van der Waals surface area contributed by atoms with Gasteiger partial charge in [0, 0.05) is 21.2 Å². The van der Waals surface area contributed by atoms with Gasteiger partial charge in [0.15, 0.2) is 0 Å². The summed E-state index contributed by atoms with van der Waals surface area (Å²) in [7, 11) is -3.91. The predicted molar refractivity (Wildman–Crippen MR) is 131 cm³/mol. The molecule has 0 fully saturated rings. The number of ether oxygens (including phenoxy) is 1. The van der Waals surface area contributed by atoms with E-state index < -0.39 is 16.0 Å². The fraction of sp³-hybridized carbons (Fsp3) is 0.240. The molecule has 0 saturated heterocycles. The minimum absolute atomic E-state index is 0.0937. The summed E-state index contributed by atoms with van der Waals surface area (Å²) in [5, 5.41) is 2.33. The van der Waals surface area contributed by atoms with E-state index in [2.05, 4.69) is 4.72 Å². The Morgan fingerprint density at radius 1 is 1.06 bits per heavy atom. The molecule has 0 unspecified atom stereocenters. The van der Waals surface area contributed by atoms with Crippen LogP contribution in [0.2, 0.25) is 5.02 Å². The minimum Gasteiger partial charge on any atom is -0.462 e. The smallest absolute Gasteiger partial charge is 0.342 e. The number of unbranched alkanes of at least 4 members (excludes halogenated alkanes) is 1. The number of fused-ring (bicyclic) bond motifs is 3. The molecular formula is C25H24ClNO5S. The van der Waals surface area contributed by atoms with Crippen molar-refractivity contribution in [2.75, 3.05) is 11.3 Å². The molecule has 8 heteroatoms. The highest BCUT2D eigenvalue weighted by atomic mass is 35.5. The number of aryl methyl sites for hydroxylation is 2. The molecule has 4 aromatic rings. The number of sulfonamides is 1. The van der Waals surface area contributed by atoms with Gasteiger partial charge < -0.3 is 9.15 Å². The minimum atomic E-state index is -3.91. The number of carbonyl (C=O) groups excluding carboxylic acids is 1. The maximum absolute atomic E-state index is 13.2. The lowest BCUT2D eigenvalue weighted by Gasteiger charge is -2.12. The van der Waals surface area contributed by atoms with Gasteiger partial charge in [0.25, 0.3) is 10.0 Å². The first-order valence-corrected chi connectivity index (χ1v) is 12.5. The van der Waals surface area contributed by atoms with Crippen molar-refractivity contribution < 1.29 is 22.4 Å². The van der Waals surface area contributed by atoms with E-state index in [0.29, 0.717) is 55.9 Å². The Balaban J connectivity index is 1.86. The first-order chi connectivity index (χ1) is 15.7. The number of esters is 1. The molecule has 0 aliphatic heterocycles. The molecule has 3 aromatic carbocycles. The molecule has 0 radical (unpaired) electrons. The van der Waals surface area contributed by atoms with E-state index in [1.54, 1.807) is 32.0 Å². The molecule has 1 N–H and O–H groups in total. The van der Waals surface area contributed by atoms with Gasteiger partial charge in [-0.2, -0.15) is 0 Å². The van der Waals surface area contributed by atoms with Crippen LogP contribution in [0.25, 0.3) is 21.7 Å². The summed E-state index contributed by atoms with van der Waals surface area (Å²) in [5.74, 6) is -0.0675. The summed E-state index contributed by atoms with van der Waals surface area (Å²) in [6.45, 7) is 5.77. The van der Waals surface area contributed by atoms with Gasteiger partial charge >= 0.3 is 5.97 Å². The molecular weight excluding hydrogens is 462 g/mol. The van der Waals surface area contributed by atoms with Gasteiger partial charge in [-0.15, -0.1) is 0 Å². The fourth-order valence-electron chi connectivity index (χ4n) is 3.75. The van der Waals surface area contributed by atoms with Gasteiger partial charge in [0.05, 0.1) is 17.2 Å². The Kier molecular flexibility index (Phi) is 6.36. The highest BCUT2D eigenvalue weighted by Gasteiger charge is 2.24. The quantitative estimate of drug-likeness (QED) is 0.235. The van der Waals surface area contributed by atoms with Crippen LogP contribution < -0.4 is 4.72 Å². The molecule has 33 heavy (non-hydrogen) atoms. The van der Waals surface area contributed by atoms with Gasteiger partial charge in [-0.1, -0.05) is 49.2 Å². The zero-order valence-corrected chi connectivity index (χ0v) is 20.1. The van der Waals surface area contributed by atoms with Crippen molar-refractivity contribution in [2.24, 2.45) is 0 Å². The van der Waals surface area contributed by atoms with Crippen molar-refractivity contribution in [1.29, 1.82) is 0 Å². The molecule has 0 spiro atoms.